The standard InChI is InChI=1S/C14H15FN2O/c1-9-6-14(13(8-16)10(2)17-9)18-12-5-3-4-11(15)7-12/h3-7H,8,16H2,1-2H3. The maximum atomic E-state index is 13.1. The first kappa shape index (κ1) is 12.5. The van der Waals surface area contributed by atoms with E-state index in [1.807, 2.05) is 13.8 Å². The number of aryl methyl sites for hydroxylation is 2. The Hall–Kier alpha value is -1.94. The van der Waals surface area contributed by atoms with E-state index >= 15 is 0 Å². The van der Waals surface area contributed by atoms with Gasteiger partial charge >= 0.3 is 0 Å². The minimum Gasteiger partial charge on any atom is -0.457 e. The zero-order chi connectivity index (χ0) is 13.1. The summed E-state index contributed by atoms with van der Waals surface area (Å²) in [6.45, 7) is 4.10. The number of aromatic nitrogens is 1. The summed E-state index contributed by atoms with van der Waals surface area (Å²) in [5.74, 6) is 0.757. The Kier molecular flexibility index (Phi) is 3.58. The summed E-state index contributed by atoms with van der Waals surface area (Å²) < 4.78 is 18.8. The lowest BCUT2D eigenvalue weighted by molar-refractivity contribution is 0.468. The van der Waals surface area contributed by atoms with Crippen molar-refractivity contribution in [1.82, 2.24) is 4.98 Å². The predicted octanol–water partition coefficient (Wildman–Crippen LogP) is 3.09. The highest BCUT2D eigenvalue weighted by Crippen LogP contribution is 2.27. The molecule has 0 radical (unpaired) electrons. The highest BCUT2D eigenvalue weighted by Gasteiger charge is 2.09. The molecule has 0 saturated carbocycles. The molecule has 0 bridgehead atoms. The zero-order valence-corrected chi connectivity index (χ0v) is 10.4. The van der Waals surface area contributed by atoms with Gasteiger partial charge in [-0.15, -0.1) is 0 Å². The number of hydrogen-bond donors (Lipinski definition) is 1. The maximum absolute atomic E-state index is 13.1. The zero-order valence-electron chi connectivity index (χ0n) is 10.4. The largest absolute Gasteiger partial charge is 0.457 e. The SMILES string of the molecule is Cc1cc(Oc2cccc(F)c2)c(CN)c(C)n1. The fraction of sp³-hybridized carbons (Fsp3) is 0.214. The number of hydrogen-bond acceptors (Lipinski definition) is 3. The Morgan fingerprint density at radius 1 is 1.28 bits per heavy atom. The summed E-state index contributed by atoms with van der Waals surface area (Å²) in [6.07, 6.45) is 0. The van der Waals surface area contributed by atoms with Crippen molar-refractivity contribution in [2.24, 2.45) is 5.73 Å². The second-order valence-electron chi connectivity index (χ2n) is 4.09. The molecule has 0 aliphatic rings. The van der Waals surface area contributed by atoms with Crippen LogP contribution in [0.15, 0.2) is 30.3 Å². The van der Waals surface area contributed by atoms with E-state index in [1.54, 1.807) is 18.2 Å². The summed E-state index contributed by atoms with van der Waals surface area (Å²) in [4.78, 5) is 4.33. The van der Waals surface area contributed by atoms with E-state index in [2.05, 4.69) is 4.98 Å². The number of pyridine rings is 1. The number of nitrogens with zero attached hydrogens (tertiary/aromatic N) is 1. The van der Waals surface area contributed by atoms with E-state index in [0.717, 1.165) is 17.0 Å². The summed E-state index contributed by atoms with van der Waals surface area (Å²) in [7, 11) is 0. The Balaban J connectivity index is 2.39. The third kappa shape index (κ3) is 2.65. The molecule has 18 heavy (non-hydrogen) atoms. The van der Waals surface area contributed by atoms with E-state index in [4.69, 9.17) is 10.5 Å². The van der Waals surface area contributed by atoms with E-state index in [-0.39, 0.29) is 5.82 Å². The maximum Gasteiger partial charge on any atom is 0.135 e. The summed E-state index contributed by atoms with van der Waals surface area (Å²) in [5, 5.41) is 0. The highest BCUT2D eigenvalue weighted by atomic mass is 19.1. The molecule has 4 heteroatoms. The van der Waals surface area contributed by atoms with Crippen molar-refractivity contribution in [2.75, 3.05) is 0 Å². The van der Waals surface area contributed by atoms with Gasteiger partial charge < -0.3 is 10.5 Å². The van der Waals surface area contributed by atoms with E-state index < -0.39 is 0 Å². The van der Waals surface area contributed by atoms with Gasteiger partial charge in [0.2, 0.25) is 0 Å². The summed E-state index contributed by atoms with van der Waals surface area (Å²) in [6, 6.07) is 7.83. The number of halogens is 1. The van der Waals surface area contributed by atoms with Crippen LogP contribution < -0.4 is 10.5 Å². The lowest BCUT2D eigenvalue weighted by Gasteiger charge is -2.13. The Morgan fingerprint density at radius 3 is 2.72 bits per heavy atom. The van der Waals surface area contributed by atoms with Crippen LogP contribution in [0.4, 0.5) is 4.39 Å². The van der Waals surface area contributed by atoms with Crippen molar-refractivity contribution in [3.63, 3.8) is 0 Å². The van der Waals surface area contributed by atoms with Crippen molar-refractivity contribution < 1.29 is 9.13 Å². The molecule has 0 atom stereocenters. The second-order valence-corrected chi connectivity index (χ2v) is 4.09. The van der Waals surface area contributed by atoms with Crippen LogP contribution in [0.1, 0.15) is 17.0 Å². The van der Waals surface area contributed by atoms with Gasteiger partial charge in [-0.05, 0) is 26.0 Å². The normalized spacial score (nSPS) is 10.4. The first-order chi connectivity index (χ1) is 8.60. The van der Waals surface area contributed by atoms with Gasteiger partial charge in [-0.25, -0.2) is 4.39 Å². The number of benzene rings is 1. The molecule has 2 rings (SSSR count). The minimum atomic E-state index is -0.329. The van der Waals surface area contributed by atoms with E-state index in [9.17, 15) is 4.39 Å². The Morgan fingerprint density at radius 2 is 2.06 bits per heavy atom. The first-order valence-electron chi connectivity index (χ1n) is 5.70. The van der Waals surface area contributed by atoms with Gasteiger partial charge in [-0.3, -0.25) is 4.98 Å². The Labute approximate surface area is 105 Å². The number of nitrogens with two attached hydrogens (primary N) is 1. The Bertz CT molecular complexity index is 570. The third-order valence-corrected chi connectivity index (χ3v) is 2.65. The van der Waals surface area contributed by atoms with Gasteiger partial charge in [0, 0.05) is 35.6 Å². The first-order valence-corrected chi connectivity index (χ1v) is 5.70. The quantitative estimate of drug-likeness (QED) is 0.905. The van der Waals surface area contributed by atoms with Gasteiger partial charge in [0.15, 0.2) is 0 Å². The van der Waals surface area contributed by atoms with Crippen molar-refractivity contribution in [3.05, 3.63) is 53.1 Å². The fourth-order valence-corrected chi connectivity index (χ4v) is 1.82. The van der Waals surface area contributed by atoms with Gasteiger partial charge in [0.1, 0.15) is 17.3 Å². The van der Waals surface area contributed by atoms with Crippen LogP contribution in [-0.2, 0) is 6.54 Å². The molecule has 1 heterocycles. The smallest absolute Gasteiger partial charge is 0.135 e. The third-order valence-electron chi connectivity index (χ3n) is 2.65. The van der Waals surface area contributed by atoms with Crippen molar-refractivity contribution in [3.8, 4) is 11.5 Å². The van der Waals surface area contributed by atoms with E-state index in [0.29, 0.717) is 18.0 Å². The molecule has 2 aromatic rings. The van der Waals surface area contributed by atoms with Gasteiger partial charge in [0.25, 0.3) is 0 Å². The van der Waals surface area contributed by atoms with Crippen LogP contribution in [0.2, 0.25) is 0 Å². The molecule has 3 nitrogen and oxygen atoms in total. The number of rotatable bonds is 3. The van der Waals surface area contributed by atoms with Gasteiger partial charge in [0.05, 0.1) is 0 Å². The average molecular weight is 246 g/mol. The topological polar surface area (TPSA) is 48.1 Å². The molecule has 0 aliphatic heterocycles. The van der Waals surface area contributed by atoms with Crippen molar-refractivity contribution in [2.45, 2.75) is 20.4 Å². The molecule has 0 unspecified atom stereocenters. The van der Waals surface area contributed by atoms with Crippen LogP contribution in [-0.4, -0.2) is 4.98 Å². The molecule has 0 saturated heterocycles. The van der Waals surface area contributed by atoms with Crippen LogP contribution in [0.3, 0.4) is 0 Å². The van der Waals surface area contributed by atoms with Crippen LogP contribution in [0, 0.1) is 19.7 Å². The van der Waals surface area contributed by atoms with Gasteiger partial charge in [-0.1, -0.05) is 6.07 Å². The molecular weight excluding hydrogens is 231 g/mol. The molecule has 0 amide bonds. The van der Waals surface area contributed by atoms with Crippen LogP contribution in [0.5, 0.6) is 11.5 Å². The molecule has 94 valence electrons. The summed E-state index contributed by atoms with van der Waals surface area (Å²) >= 11 is 0. The monoisotopic (exact) mass is 246 g/mol. The number of ether oxygens (including phenoxy) is 1. The van der Waals surface area contributed by atoms with Crippen molar-refractivity contribution in [1.29, 1.82) is 0 Å². The van der Waals surface area contributed by atoms with Crippen LogP contribution in [0.25, 0.3) is 0 Å². The molecule has 0 fully saturated rings. The molecule has 0 spiro atoms. The fourth-order valence-electron chi connectivity index (χ4n) is 1.82. The van der Waals surface area contributed by atoms with Crippen molar-refractivity contribution >= 4 is 0 Å². The molecule has 0 aliphatic carbocycles. The lowest BCUT2D eigenvalue weighted by Crippen LogP contribution is -2.05. The average Bonchev–Trinajstić information content (AvgIpc) is 2.28. The summed E-state index contributed by atoms with van der Waals surface area (Å²) in [5.41, 5.74) is 8.21. The minimum absolute atomic E-state index is 0.329. The predicted molar refractivity (Wildman–Crippen MR) is 68.1 cm³/mol. The molecular formula is C14H15FN2O. The lowest BCUT2D eigenvalue weighted by atomic mass is 10.1. The second kappa shape index (κ2) is 5.14. The molecule has 1 aromatic carbocycles. The molecule has 2 N–H and O–H groups in total. The van der Waals surface area contributed by atoms with Crippen LogP contribution >= 0.6 is 0 Å². The molecule has 1 aromatic heterocycles. The highest BCUT2D eigenvalue weighted by molar-refractivity contribution is 5.41. The van der Waals surface area contributed by atoms with E-state index in [1.165, 1.54) is 12.1 Å². The van der Waals surface area contributed by atoms with Gasteiger partial charge in [-0.2, -0.15) is 0 Å².